The molecule has 0 aliphatic rings. The summed E-state index contributed by atoms with van der Waals surface area (Å²) in [5.74, 6) is 0.484. The molecule has 128 valence electrons. The van der Waals surface area contributed by atoms with Crippen molar-refractivity contribution >= 4 is 11.4 Å². The third-order valence-corrected chi connectivity index (χ3v) is 4.47. The summed E-state index contributed by atoms with van der Waals surface area (Å²) >= 11 is 0. The van der Waals surface area contributed by atoms with E-state index in [1.54, 1.807) is 0 Å². The maximum Gasteiger partial charge on any atom is 0.0367 e. The average Bonchev–Trinajstić information content (AvgIpc) is 2.69. The van der Waals surface area contributed by atoms with Crippen molar-refractivity contribution in [2.75, 3.05) is 29.9 Å². The summed E-state index contributed by atoms with van der Waals surface area (Å²) in [5.41, 5.74) is 3.84. The number of para-hydroxylation sites is 2. The number of hydrogen-bond donors (Lipinski definition) is 1. The molecule has 3 aromatic carbocycles. The average molecular weight is 330 g/mol. The fraction of sp³-hybridized carbons (Fsp3) is 0.217. The zero-order valence-electron chi connectivity index (χ0n) is 14.8. The Labute approximate surface area is 151 Å². The zero-order valence-corrected chi connectivity index (χ0v) is 14.8. The number of nitrogens with one attached hydrogen (secondary N) is 1. The second-order valence-corrected chi connectivity index (χ2v) is 6.39. The number of anilines is 2. The third-order valence-electron chi connectivity index (χ3n) is 4.47. The molecule has 3 aromatic rings. The van der Waals surface area contributed by atoms with Gasteiger partial charge in [-0.1, -0.05) is 73.7 Å². The molecule has 25 heavy (non-hydrogen) atoms. The van der Waals surface area contributed by atoms with Crippen LogP contribution in [-0.4, -0.2) is 19.6 Å². The first-order valence-electron chi connectivity index (χ1n) is 8.97. The fourth-order valence-electron chi connectivity index (χ4n) is 3.07. The SMILES string of the molecule is C[C@@H](CN(CCNc1ccccc1)c1ccccc1)c1ccccc1. The Morgan fingerprint density at radius 3 is 1.96 bits per heavy atom. The molecular formula is C23H26N2. The summed E-state index contributed by atoms with van der Waals surface area (Å²) in [5, 5.41) is 3.52. The summed E-state index contributed by atoms with van der Waals surface area (Å²) in [4.78, 5) is 2.47. The van der Waals surface area contributed by atoms with Gasteiger partial charge < -0.3 is 10.2 Å². The Morgan fingerprint density at radius 2 is 1.32 bits per heavy atom. The fourth-order valence-corrected chi connectivity index (χ4v) is 3.07. The quantitative estimate of drug-likeness (QED) is 0.594. The number of nitrogens with zero attached hydrogens (tertiary/aromatic N) is 1. The van der Waals surface area contributed by atoms with Crippen LogP contribution < -0.4 is 10.2 Å². The van der Waals surface area contributed by atoms with Crippen LogP contribution in [0.4, 0.5) is 11.4 Å². The third kappa shape index (κ3) is 5.12. The summed E-state index contributed by atoms with van der Waals surface area (Å²) in [6.07, 6.45) is 0. The van der Waals surface area contributed by atoms with Gasteiger partial charge in [0, 0.05) is 31.0 Å². The first-order valence-corrected chi connectivity index (χ1v) is 8.97. The van der Waals surface area contributed by atoms with E-state index in [1.807, 2.05) is 6.07 Å². The van der Waals surface area contributed by atoms with Gasteiger partial charge in [0.15, 0.2) is 0 Å². The van der Waals surface area contributed by atoms with E-state index in [0.29, 0.717) is 5.92 Å². The van der Waals surface area contributed by atoms with Crippen LogP contribution in [0.25, 0.3) is 0 Å². The van der Waals surface area contributed by atoms with Crippen LogP contribution >= 0.6 is 0 Å². The molecule has 0 aliphatic heterocycles. The second kappa shape index (κ2) is 8.93. The molecule has 0 heterocycles. The molecule has 1 atom stereocenters. The lowest BCUT2D eigenvalue weighted by Crippen LogP contribution is -2.32. The molecule has 0 saturated heterocycles. The Morgan fingerprint density at radius 1 is 0.760 bits per heavy atom. The topological polar surface area (TPSA) is 15.3 Å². The maximum atomic E-state index is 3.52. The van der Waals surface area contributed by atoms with Crippen molar-refractivity contribution in [3.8, 4) is 0 Å². The Bertz CT molecular complexity index is 726. The molecule has 2 heteroatoms. The Balaban J connectivity index is 1.65. The van der Waals surface area contributed by atoms with Gasteiger partial charge in [-0.3, -0.25) is 0 Å². The number of hydrogen-bond acceptors (Lipinski definition) is 2. The van der Waals surface area contributed by atoms with Crippen LogP contribution in [0.3, 0.4) is 0 Å². The van der Waals surface area contributed by atoms with E-state index in [9.17, 15) is 0 Å². The largest absolute Gasteiger partial charge is 0.383 e. The molecule has 0 spiro atoms. The summed E-state index contributed by atoms with van der Waals surface area (Å²) in [7, 11) is 0. The van der Waals surface area contributed by atoms with Gasteiger partial charge in [0.05, 0.1) is 0 Å². The highest BCUT2D eigenvalue weighted by atomic mass is 15.1. The molecule has 0 aromatic heterocycles. The monoisotopic (exact) mass is 330 g/mol. The van der Waals surface area contributed by atoms with Crippen molar-refractivity contribution in [1.82, 2.24) is 0 Å². The van der Waals surface area contributed by atoms with Crippen LogP contribution in [-0.2, 0) is 0 Å². The molecule has 3 rings (SSSR count). The minimum absolute atomic E-state index is 0.484. The highest BCUT2D eigenvalue weighted by molar-refractivity contribution is 5.48. The zero-order chi connectivity index (χ0) is 17.3. The predicted molar refractivity (Wildman–Crippen MR) is 108 cm³/mol. The van der Waals surface area contributed by atoms with Crippen molar-refractivity contribution < 1.29 is 0 Å². The smallest absolute Gasteiger partial charge is 0.0367 e. The number of benzene rings is 3. The lowest BCUT2D eigenvalue weighted by atomic mass is 10.0. The van der Waals surface area contributed by atoms with E-state index in [2.05, 4.69) is 102 Å². The van der Waals surface area contributed by atoms with Crippen molar-refractivity contribution in [3.05, 3.63) is 96.6 Å². The van der Waals surface area contributed by atoms with E-state index in [0.717, 1.165) is 19.6 Å². The highest BCUT2D eigenvalue weighted by Crippen LogP contribution is 2.21. The van der Waals surface area contributed by atoms with Gasteiger partial charge >= 0.3 is 0 Å². The first kappa shape index (κ1) is 17.1. The van der Waals surface area contributed by atoms with Crippen LogP contribution in [0, 0.1) is 0 Å². The molecule has 0 radical (unpaired) electrons. The maximum absolute atomic E-state index is 3.52. The van der Waals surface area contributed by atoms with Crippen LogP contribution in [0.2, 0.25) is 0 Å². The highest BCUT2D eigenvalue weighted by Gasteiger charge is 2.12. The molecule has 2 nitrogen and oxygen atoms in total. The van der Waals surface area contributed by atoms with E-state index in [-0.39, 0.29) is 0 Å². The molecule has 0 fully saturated rings. The van der Waals surface area contributed by atoms with Crippen molar-refractivity contribution in [2.24, 2.45) is 0 Å². The Kier molecular flexibility index (Phi) is 6.11. The summed E-state index contributed by atoms with van der Waals surface area (Å²) in [6.45, 7) is 5.19. The van der Waals surface area contributed by atoms with Gasteiger partial charge in [0.1, 0.15) is 0 Å². The predicted octanol–water partition coefficient (Wildman–Crippen LogP) is 5.41. The first-order chi connectivity index (χ1) is 12.3. The minimum atomic E-state index is 0.484. The lowest BCUT2D eigenvalue weighted by Gasteiger charge is -2.28. The van der Waals surface area contributed by atoms with Gasteiger partial charge in [0.2, 0.25) is 0 Å². The normalized spacial score (nSPS) is 11.7. The Hall–Kier alpha value is -2.74. The second-order valence-electron chi connectivity index (χ2n) is 6.39. The van der Waals surface area contributed by atoms with Gasteiger partial charge in [-0.05, 0) is 35.7 Å². The molecule has 0 unspecified atom stereocenters. The minimum Gasteiger partial charge on any atom is -0.383 e. The lowest BCUT2D eigenvalue weighted by molar-refractivity contribution is 0.694. The van der Waals surface area contributed by atoms with Crippen LogP contribution in [0.1, 0.15) is 18.4 Å². The van der Waals surface area contributed by atoms with Crippen LogP contribution in [0.5, 0.6) is 0 Å². The van der Waals surface area contributed by atoms with Gasteiger partial charge in [-0.2, -0.15) is 0 Å². The van der Waals surface area contributed by atoms with Crippen molar-refractivity contribution in [1.29, 1.82) is 0 Å². The van der Waals surface area contributed by atoms with Gasteiger partial charge in [-0.25, -0.2) is 0 Å². The van der Waals surface area contributed by atoms with E-state index in [1.165, 1.54) is 16.9 Å². The molecule has 0 amide bonds. The van der Waals surface area contributed by atoms with Crippen molar-refractivity contribution in [2.45, 2.75) is 12.8 Å². The van der Waals surface area contributed by atoms with Crippen molar-refractivity contribution in [3.63, 3.8) is 0 Å². The molecule has 0 bridgehead atoms. The van der Waals surface area contributed by atoms with Gasteiger partial charge in [0.25, 0.3) is 0 Å². The van der Waals surface area contributed by atoms with Crippen LogP contribution in [0.15, 0.2) is 91.0 Å². The van der Waals surface area contributed by atoms with E-state index < -0.39 is 0 Å². The van der Waals surface area contributed by atoms with E-state index >= 15 is 0 Å². The molecular weight excluding hydrogens is 304 g/mol. The van der Waals surface area contributed by atoms with Gasteiger partial charge in [-0.15, -0.1) is 0 Å². The standard InChI is InChI=1S/C23H26N2/c1-20(21-11-5-2-6-12-21)19-25(23-15-9-4-10-16-23)18-17-24-22-13-7-3-8-14-22/h2-16,20,24H,17-19H2,1H3/t20-/m0/s1. The molecule has 0 aliphatic carbocycles. The molecule has 0 saturated carbocycles. The summed E-state index contributed by atoms with van der Waals surface area (Å²) < 4.78 is 0. The number of rotatable bonds is 8. The molecule has 1 N–H and O–H groups in total. The van der Waals surface area contributed by atoms with E-state index in [4.69, 9.17) is 0 Å². The summed E-state index contributed by atoms with van der Waals surface area (Å²) in [6, 6.07) is 31.8.